The van der Waals surface area contributed by atoms with Crippen molar-refractivity contribution in [2.75, 3.05) is 13.7 Å². The number of benzene rings is 1. The molecule has 3 aliphatic carbocycles. The fraction of sp³-hybridized carbons (Fsp3) is 0.677. The summed E-state index contributed by atoms with van der Waals surface area (Å²) < 4.78 is 42.7. The van der Waals surface area contributed by atoms with Crippen LogP contribution in [0.25, 0.3) is 0 Å². The van der Waals surface area contributed by atoms with E-state index in [1.165, 1.54) is 12.1 Å². The second-order valence-electron chi connectivity index (χ2n) is 12.6. The number of methoxy groups -OCH3 is 1. The van der Waals surface area contributed by atoms with Gasteiger partial charge >= 0.3 is 5.97 Å². The molecule has 0 spiro atoms. The third-order valence-electron chi connectivity index (χ3n) is 10.6. The van der Waals surface area contributed by atoms with E-state index in [1.54, 1.807) is 19.2 Å². The molecule has 0 aromatic heterocycles. The van der Waals surface area contributed by atoms with Crippen LogP contribution in [0, 0.1) is 53.3 Å². The Kier molecular flexibility index (Phi) is 8.12. The Labute approximate surface area is 233 Å². The van der Waals surface area contributed by atoms with E-state index in [0.29, 0.717) is 0 Å². The number of ether oxygens (including phenoxy) is 2. The lowest BCUT2D eigenvalue weighted by Crippen LogP contribution is -2.63. The van der Waals surface area contributed by atoms with Gasteiger partial charge in [0.2, 0.25) is 0 Å². The number of rotatable bonds is 7. The van der Waals surface area contributed by atoms with Crippen LogP contribution in [0.5, 0.6) is 0 Å². The molecule has 39 heavy (non-hydrogen) atoms. The van der Waals surface area contributed by atoms with Gasteiger partial charge < -0.3 is 9.47 Å². The Morgan fingerprint density at radius 1 is 1.13 bits per heavy atom. The molecule has 7 nitrogen and oxygen atoms in total. The summed E-state index contributed by atoms with van der Waals surface area (Å²) in [6, 6.07) is 6.22. The molecule has 3 aliphatic rings. The van der Waals surface area contributed by atoms with Gasteiger partial charge in [-0.05, 0) is 62.5 Å². The van der Waals surface area contributed by atoms with Gasteiger partial charge in [0.25, 0.3) is 10.1 Å². The smallest absolute Gasteiger partial charge is 0.333 e. The molecule has 1 aromatic carbocycles. The van der Waals surface area contributed by atoms with Crippen molar-refractivity contribution in [2.45, 2.75) is 90.2 Å². The van der Waals surface area contributed by atoms with E-state index < -0.39 is 39.6 Å². The summed E-state index contributed by atoms with van der Waals surface area (Å²) in [7, 11) is -2.43. The van der Waals surface area contributed by atoms with Crippen molar-refractivity contribution < 1.29 is 31.7 Å². The molecule has 0 amide bonds. The summed E-state index contributed by atoms with van der Waals surface area (Å²) in [4.78, 5) is 27.3. The van der Waals surface area contributed by atoms with Crippen LogP contribution in [0.3, 0.4) is 0 Å². The Balaban J connectivity index is 1.69. The maximum atomic E-state index is 14.1. The minimum atomic E-state index is -4.15. The largest absolute Gasteiger partial charge is 0.460 e. The summed E-state index contributed by atoms with van der Waals surface area (Å²) in [6.07, 6.45) is 9.05. The van der Waals surface area contributed by atoms with Gasteiger partial charge in [0.1, 0.15) is 11.9 Å². The Morgan fingerprint density at radius 2 is 1.77 bits per heavy atom. The number of terminal acetylenes is 1. The highest BCUT2D eigenvalue weighted by Gasteiger charge is 2.68. The van der Waals surface area contributed by atoms with Gasteiger partial charge in [-0.25, -0.2) is 4.79 Å². The van der Waals surface area contributed by atoms with Crippen molar-refractivity contribution in [3.8, 4) is 12.3 Å². The minimum Gasteiger partial charge on any atom is -0.460 e. The topological polar surface area (TPSA) is 96.0 Å². The molecule has 4 rings (SSSR count). The molecular weight excluding hydrogens is 516 g/mol. The molecule has 214 valence electrons. The molecule has 0 aliphatic heterocycles. The number of esters is 1. The Morgan fingerprint density at radius 3 is 2.38 bits per heavy atom. The molecule has 3 fully saturated rings. The monoisotopic (exact) mass is 558 g/mol. The zero-order valence-corrected chi connectivity index (χ0v) is 24.8. The lowest BCUT2D eigenvalue weighted by Gasteiger charge is -2.61. The van der Waals surface area contributed by atoms with Crippen LogP contribution in [0.1, 0.15) is 71.8 Å². The highest BCUT2D eigenvalue weighted by atomic mass is 32.2. The maximum Gasteiger partial charge on any atom is 0.333 e. The molecule has 8 heteroatoms. The molecule has 0 N–H and O–H groups in total. The van der Waals surface area contributed by atoms with Crippen LogP contribution in [0.15, 0.2) is 29.2 Å². The lowest BCUT2D eigenvalue weighted by atomic mass is 9.44. The SMILES string of the molecule is C#CC[C@]1(C)C[C@@H](OC(=O)COS(=O)(=O)c2ccc(C)cc2)[C@]2(C)[C@@H](C)CC[C@]3(CC[C@@H](OC)[C@@H]32)[C@@H](C)C1=O. The minimum absolute atomic E-state index is 0.00287. The Bertz CT molecular complexity index is 1250. The van der Waals surface area contributed by atoms with Crippen molar-refractivity contribution in [2.24, 2.45) is 34.0 Å². The van der Waals surface area contributed by atoms with Crippen molar-refractivity contribution in [3.63, 3.8) is 0 Å². The van der Waals surface area contributed by atoms with E-state index in [9.17, 15) is 18.0 Å². The maximum absolute atomic E-state index is 14.1. The fourth-order valence-electron chi connectivity index (χ4n) is 8.14. The first-order valence-corrected chi connectivity index (χ1v) is 15.3. The number of carbonyl (C=O) groups is 2. The molecule has 0 saturated heterocycles. The van der Waals surface area contributed by atoms with Gasteiger partial charge in [0.15, 0.2) is 6.61 Å². The van der Waals surface area contributed by atoms with Crippen LogP contribution in [-0.2, 0) is 33.4 Å². The van der Waals surface area contributed by atoms with Crippen molar-refractivity contribution in [3.05, 3.63) is 29.8 Å². The predicted molar refractivity (Wildman–Crippen MR) is 147 cm³/mol. The molecule has 2 bridgehead atoms. The molecule has 1 aromatic rings. The van der Waals surface area contributed by atoms with Gasteiger partial charge in [-0.2, -0.15) is 8.42 Å². The van der Waals surface area contributed by atoms with Gasteiger partial charge in [-0.3, -0.25) is 8.98 Å². The summed E-state index contributed by atoms with van der Waals surface area (Å²) in [5, 5.41) is 0. The summed E-state index contributed by atoms with van der Waals surface area (Å²) in [5.74, 6) is 2.00. The van der Waals surface area contributed by atoms with E-state index in [1.807, 2.05) is 13.8 Å². The highest BCUT2D eigenvalue weighted by molar-refractivity contribution is 7.86. The first-order chi connectivity index (χ1) is 18.2. The van der Waals surface area contributed by atoms with Gasteiger partial charge in [-0.15, -0.1) is 12.3 Å². The molecule has 0 radical (unpaired) electrons. The third kappa shape index (κ3) is 4.96. The van der Waals surface area contributed by atoms with Gasteiger partial charge in [-0.1, -0.05) is 45.4 Å². The summed E-state index contributed by atoms with van der Waals surface area (Å²) in [5.41, 5.74) is -0.754. The van der Waals surface area contributed by atoms with Gasteiger partial charge in [0.05, 0.1) is 11.0 Å². The predicted octanol–water partition coefficient (Wildman–Crippen LogP) is 5.10. The molecule has 8 atom stereocenters. The van der Waals surface area contributed by atoms with E-state index in [-0.39, 0.29) is 52.8 Å². The quantitative estimate of drug-likeness (QED) is 0.261. The molecular formula is C31H42O7S. The first-order valence-electron chi connectivity index (χ1n) is 13.9. The third-order valence-corrected chi connectivity index (χ3v) is 11.8. The van der Waals surface area contributed by atoms with Crippen molar-refractivity contribution >= 4 is 21.9 Å². The molecule has 3 saturated carbocycles. The normalized spacial score (nSPS) is 38.3. The number of carbonyl (C=O) groups excluding carboxylic acids is 2. The second-order valence-corrected chi connectivity index (χ2v) is 14.2. The highest BCUT2D eigenvalue weighted by Crippen LogP contribution is 2.68. The lowest BCUT2D eigenvalue weighted by molar-refractivity contribution is -0.207. The van der Waals surface area contributed by atoms with Gasteiger partial charge in [0, 0.05) is 36.2 Å². The van der Waals surface area contributed by atoms with Crippen LogP contribution in [0.4, 0.5) is 0 Å². The van der Waals surface area contributed by atoms with E-state index in [4.69, 9.17) is 20.1 Å². The number of ketones is 1. The molecule has 0 unspecified atom stereocenters. The molecule has 0 heterocycles. The zero-order valence-electron chi connectivity index (χ0n) is 24.0. The second kappa shape index (κ2) is 10.6. The van der Waals surface area contributed by atoms with E-state index in [0.717, 1.165) is 31.2 Å². The van der Waals surface area contributed by atoms with E-state index in [2.05, 4.69) is 26.7 Å². The number of hydrogen-bond donors (Lipinski definition) is 0. The fourth-order valence-corrected chi connectivity index (χ4v) is 9.00. The average molecular weight is 559 g/mol. The van der Waals surface area contributed by atoms with Crippen molar-refractivity contribution in [1.82, 2.24) is 0 Å². The van der Waals surface area contributed by atoms with Crippen molar-refractivity contribution in [1.29, 1.82) is 0 Å². The number of Topliss-reactive ketones (excluding diaryl/α,β-unsaturated/α-hetero) is 1. The summed E-state index contributed by atoms with van der Waals surface area (Å²) in [6.45, 7) is 9.37. The zero-order chi connectivity index (χ0) is 28.8. The average Bonchev–Trinajstić information content (AvgIpc) is 3.29. The number of hydrogen-bond acceptors (Lipinski definition) is 7. The van der Waals surface area contributed by atoms with Crippen LogP contribution >= 0.6 is 0 Å². The van der Waals surface area contributed by atoms with Crippen LogP contribution < -0.4 is 0 Å². The first kappa shape index (κ1) is 29.8. The van der Waals surface area contributed by atoms with E-state index >= 15 is 0 Å². The van der Waals surface area contributed by atoms with Crippen LogP contribution in [0.2, 0.25) is 0 Å². The van der Waals surface area contributed by atoms with Crippen LogP contribution in [-0.4, -0.2) is 46.1 Å². The summed E-state index contributed by atoms with van der Waals surface area (Å²) >= 11 is 0. The number of aryl methyl sites for hydroxylation is 1. The standard InChI is InChI=1S/C31H42O7S/c1-8-15-29(5)18-25(38-26(32)19-37-39(34,35)23-11-9-20(2)10-12-23)30(6)21(3)13-16-31(22(4)28(29)33)17-14-24(36-7)27(30)31/h1,9-12,21-22,24-25,27H,13-19H2,2-7H3/t21-,22-,24+,25+,27+,29+,30-,31-/m0/s1. The Hall–Kier alpha value is -2.21.